The minimum atomic E-state index is -1.13. The van der Waals surface area contributed by atoms with E-state index in [0.717, 1.165) is 12.8 Å². The lowest BCUT2D eigenvalue weighted by molar-refractivity contribution is -0.429. The zero-order valence-corrected chi connectivity index (χ0v) is 25.3. The number of nitrogens with zero attached hydrogens (tertiary/aromatic N) is 1. The Kier molecular flexibility index (Phi) is 10.8. The normalized spacial score (nSPS) is 43.5. The summed E-state index contributed by atoms with van der Waals surface area (Å²) in [7, 11) is 7.16. The Morgan fingerprint density at radius 2 is 1.79 bits per heavy atom. The molecule has 3 aliphatic rings. The maximum atomic E-state index is 12.3. The highest BCUT2D eigenvalue weighted by molar-refractivity contribution is 5.70. The summed E-state index contributed by atoms with van der Waals surface area (Å²) in [5.41, 5.74) is -0.911. The molecule has 0 bridgehead atoms. The van der Waals surface area contributed by atoms with Crippen LogP contribution < -0.4 is 0 Å². The van der Waals surface area contributed by atoms with Crippen molar-refractivity contribution in [1.29, 1.82) is 0 Å². The zero-order valence-electron chi connectivity index (χ0n) is 25.3. The highest BCUT2D eigenvalue weighted by atomic mass is 16.8. The number of carboxylic acids is 1. The van der Waals surface area contributed by atoms with Gasteiger partial charge in [-0.3, -0.25) is 4.79 Å². The maximum Gasteiger partial charge on any atom is 0.308 e. The van der Waals surface area contributed by atoms with Crippen molar-refractivity contribution in [3.63, 3.8) is 0 Å². The Morgan fingerprint density at radius 3 is 2.33 bits per heavy atom. The second kappa shape index (κ2) is 13.0. The van der Waals surface area contributed by atoms with Gasteiger partial charge in [-0.25, -0.2) is 0 Å². The summed E-state index contributed by atoms with van der Waals surface area (Å²) in [6.07, 6.45) is -2.51. The molecule has 11 heteroatoms. The van der Waals surface area contributed by atoms with Crippen LogP contribution in [-0.2, 0) is 38.0 Å². The van der Waals surface area contributed by atoms with E-state index in [2.05, 4.69) is 4.90 Å². The van der Waals surface area contributed by atoms with Gasteiger partial charge in [0.1, 0.15) is 18.3 Å². The van der Waals surface area contributed by atoms with E-state index < -0.39 is 66.2 Å². The van der Waals surface area contributed by atoms with E-state index in [9.17, 15) is 15.0 Å². The molecule has 0 aromatic rings. The Hall–Kier alpha value is -0.890. The van der Waals surface area contributed by atoms with Crippen molar-refractivity contribution in [1.82, 2.24) is 4.90 Å². The third-order valence-electron chi connectivity index (χ3n) is 8.91. The first-order valence-corrected chi connectivity index (χ1v) is 14.2. The largest absolute Gasteiger partial charge is 0.481 e. The molecule has 0 aromatic carbocycles. The van der Waals surface area contributed by atoms with E-state index in [1.165, 1.54) is 7.11 Å². The third-order valence-corrected chi connectivity index (χ3v) is 8.91. The molecule has 3 rings (SSSR count). The smallest absolute Gasteiger partial charge is 0.308 e. The average molecular weight is 562 g/mol. The van der Waals surface area contributed by atoms with Crippen LogP contribution in [0.4, 0.5) is 0 Å². The molecule has 39 heavy (non-hydrogen) atoms. The molecule has 3 fully saturated rings. The lowest BCUT2D eigenvalue weighted by atomic mass is 9.82. The van der Waals surface area contributed by atoms with Crippen molar-refractivity contribution in [2.75, 3.05) is 28.3 Å². The lowest BCUT2D eigenvalue weighted by Crippen LogP contribution is -2.68. The number of fused-ring (bicyclic) bond motifs is 1. The standard InChI is InChI=1S/C28H51NO10/c1-11-12-28(34-10)24(38-26-22(39-28)19(29(7)8)13-15(2)35-26)16(3)21(17(4)25(31)32)37-20-14-27(6,33-9)23(30)18(5)36-20/h15-24,26,30H,11-14H2,1-10H3,(H,31,32)/t15?,16?,17-,18?,19?,20?,21?,22?,23?,24?,26?,27?,28?/m1/s1. The molecule has 0 aliphatic carbocycles. The molecule has 3 saturated heterocycles. The number of methoxy groups -OCH3 is 2. The fraction of sp³-hybridized carbons (Fsp3) is 0.964. The predicted octanol–water partition coefficient (Wildman–Crippen LogP) is 2.62. The van der Waals surface area contributed by atoms with Crippen molar-refractivity contribution in [3.8, 4) is 0 Å². The van der Waals surface area contributed by atoms with Crippen molar-refractivity contribution < 1.29 is 48.2 Å². The predicted molar refractivity (Wildman–Crippen MR) is 142 cm³/mol. The van der Waals surface area contributed by atoms with Crippen LogP contribution in [0.25, 0.3) is 0 Å². The summed E-state index contributed by atoms with van der Waals surface area (Å²) in [5.74, 6) is -3.54. The molecule has 2 N–H and O–H groups in total. The second-order valence-corrected chi connectivity index (χ2v) is 12.0. The van der Waals surface area contributed by atoms with Crippen LogP contribution >= 0.6 is 0 Å². The number of aliphatic hydroxyl groups excluding tert-OH is 1. The minimum Gasteiger partial charge on any atom is -0.481 e. The number of aliphatic hydroxyl groups is 1. The molecule has 11 nitrogen and oxygen atoms in total. The summed E-state index contributed by atoms with van der Waals surface area (Å²) < 4.78 is 43.8. The monoisotopic (exact) mass is 561 g/mol. The van der Waals surface area contributed by atoms with Crippen LogP contribution in [0.2, 0.25) is 0 Å². The van der Waals surface area contributed by atoms with Gasteiger partial charge in [0, 0.05) is 39.0 Å². The Labute approximate surface area is 233 Å². The molecule has 3 heterocycles. The van der Waals surface area contributed by atoms with Crippen LogP contribution in [-0.4, -0.2) is 116 Å². The van der Waals surface area contributed by atoms with Gasteiger partial charge in [-0.1, -0.05) is 20.3 Å². The van der Waals surface area contributed by atoms with Gasteiger partial charge in [-0.2, -0.15) is 0 Å². The number of hydrogen-bond donors (Lipinski definition) is 2. The van der Waals surface area contributed by atoms with Crippen LogP contribution in [0.1, 0.15) is 67.2 Å². The van der Waals surface area contributed by atoms with Gasteiger partial charge in [-0.15, -0.1) is 0 Å². The lowest BCUT2D eigenvalue weighted by Gasteiger charge is -2.56. The quantitative estimate of drug-likeness (QED) is 0.387. The second-order valence-electron chi connectivity index (χ2n) is 12.0. The average Bonchev–Trinajstić information content (AvgIpc) is 2.88. The van der Waals surface area contributed by atoms with E-state index in [-0.39, 0.29) is 24.7 Å². The van der Waals surface area contributed by atoms with E-state index in [4.69, 9.17) is 33.2 Å². The van der Waals surface area contributed by atoms with Crippen molar-refractivity contribution in [3.05, 3.63) is 0 Å². The van der Waals surface area contributed by atoms with Gasteiger partial charge >= 0.3 is 5.97 Å². The van der Waals surface area contributed by atoms with Gasteiger partial charge in [0.2, 0.25) is 0 Å². The summed E-state index contributed by atoms with van der Waals surface area (Å²) in [6, 6.07) is 0.0571. The molecular weight excluding hydrogens is 510 g/mol. The Balaban J connectivity index is 1.95. The van der Waals surface area contributed by atoms with Crippen LogP contribution in [0, 0.1) is 11.8 Å². The van der Waals surface area contributed by atoms with Crippen molar-refractivity contribution in [2.45, 2.75) is 134 Å². The topological polar surface area (TPSA) is 125 Å². The molecule has 0 aromatic heterocycles. The van der Waals surface area contributed by atoms with E-state index in [1.54, 1.807) is 27.9 Å². The third kappa shape index (κ3) is 6.62. The first-order valence-electron chi connectivity index (χ1n) is 14.2. The van der Waals surface area contributed by atoms with Crippen LogP contribution in [0.3, 0.4) is 0 Å². The number of rotatable bonds is 11. The van der Waals surface area contributed by atoms with Gasteiger partial charge < -0.3 is 48.3 Å². The van der Waals surface area contributed by atoms with Gasteiger partial charge in [0.05, 0.1) is 29.8 Å². The molecule has 0 saturated carbocycles. The molecular formula is C28H51NO10. The Morgan fingerprint density at radius 1 is 1.13 bits per heavy atom. The summed E-state index contributed by atoms with van der Waals surface area (Å²) in [4.78, 5) is 14.4. The fourth-order valence-electron chi connectivity index (χ4n) is 6.43. The van der Waals surface area contributed by atoms with Crippen LogP contribution in [0.15, 0.2) is 0 Å². The van der Waals surface area contributed by atoms with E-state index in [1.807, 2.05) is 34.9 Å². The minimum absolute atomic E-state index is 0.0420. The Bertz CT molecular complexity index is 815. The van der Waals surface area contributed by atoms with E-state index in [0.29, 0.717) is 6.42 Å². The number of carbonyl (C=O) groups is 1. The summed E-state index contributed by atoms with van der Waals surface area (Å²) in [6.45, 7) is 11.1. The number of ether oxygens (including phenoxy) is 7. The van der Waals surface area contributed by atoms with Crippen molar-refractivity contribution >= 4 is 5.97 Å². The molecule has 13 atom stereocenters. The number of hydrogen-bond acceptors (Lipinski definition) is 10. The van der Waals surface area contributed by atoms with Gasteiger partial charge in [-0.05, 0) is 48.2 Å². The SMILES string of the molecule is CCCC1(OC)OC2C(OC(C)CC2N(C)C)OC1C(C)C(OC1CC(C)(OC)C(O)C(C)O1)[C@@H](C)C(=O)O. The molecule has 12 unspecified atom stereocenters. The van der Waals surface area contributed by atoms with Gasteiger partial charge in [0.25, 0.3) is 0 Å². The first-order chi connectivity index (χ1) is 18.2. The molecule has 3 aliphatic heterocycles. The number of aliphatic carboxylic acids is 1. The number of carboxylic acid groups (broad SMARTS) is 1. The fourth-order valence-corrected chi connectivity index (χ4v) is 6.43. The molecule has 0 amide bonds. The highest BCUT2D eigenvalue weighted by Crippen LogP contribution is 2.44. The van der Waals surface area contributed by atoms with Gasteiger partial charge in [0.15, 0.2) is 18.4 Å². The van der Waals surface area contributed by atoms with Crippen molar-refractivity contribution in [2.24, 2.45) is 11.8 Å². The number of likely N-dealkylation sites (N-methyl/N-ethyl adjacent to an activating group) is 1. The summed E-state index contributed by atoms with van der Waals surface area (Å²) in [5, 5.41) is 20.7. The maximum absolute atomic E-state index is 12.3. The first kappa shape index (κ1) is 32.6. The molecule has 228 valence electrons. The zero-order chi connectivity index (χ0) is 29.3. The van der Waals surface area contributed by atoms with E-state index >= 15 is 0 Å². The molecule has 0 spiro atoms. The molecule has 0 radical (unpaired) electrons. The highest BCUT2D eigenvalue weighted by Gasteiger charge is 2.58. The summed E-state index contributed by atoms with van der Waals surface area (Å²) >= 11 is 0. The van der Waals surface area contributed by atoms with Crippen LogP contribution in [0.5, 0.6) is 0 Å².